The van der Waals surface area contributed by atoms with Crippen LogP contribution in [0.5, 0.6) is 0 Å². The normalized spacial score (nSPS) is 11.2. The van der Waals surface area contributed by atoms with Crippen LogP contribution in [0.2, 0.25) is 0 Å². The third-order valence-electron chi connectivity index (χ3n) is 5.16. The highest BCUT2D eigenvalue weighted by Crippen LogP contribution is 2.39. The standard InChI is InChI=1S/C28H22OP2/c1-5-13-23(14-6-1)30(24-15-7-2-8-16-24)27-21-29-22-28(27)31(25-17-9-3-10-18-25)26-19-11-4-12-20-26/h1-22H. The molecule has 0 atom stereocenters. The molecule has 0 aliphatic carbocycles. The van der Waals surface area contributed by atoms with Gasteiger partial charge in [-0.25, -0.2) is 0 Å². The molecule has 0 aliphatic rings. The van der Waals surface area contributed by atoms with Gasteiger partial charge < -0.3 is 4.42 Å². The monoisotopic (exact) mass is 436 g/mol. The van der Waals surface area contributed by atoms with E-state index in [1.54, 1.807) is 0 Å². The fraction of sp³-hybridized carbons (Fsp3) is 0. The minimum atomic E-state index is -0.720. The summed E-state index contributed by atoms with van der Waals surface area (Å²) in [5.41, 5.74) is 0. The molecule has 0 spiro atoms. The van der Waals surface area contributed by atoms with Crippen molar-refractivity contribution in [3.05, 3.63) is 134 Å². The van der Waals surface area contributed by atoms with Gasteiger partial charge in [0, 0.05) is 10.6 Å². The van der Waals surface area contributed by atoms with Gasteiger partial charge in [-0.15, -0.1) is 0 Å². The summed E-state index contributed by atoms with van der Waals surface area (Å²) in [6, 6.07) is 43.3. The van der Waals surface area contributed by atoms with Gasteiger partial charge in [-0.1, -0.05) is 121 Å². The van der Waals surface area contributed by atoms with Crippen LogP contribution in [0.1, 0.15) is 0 Å². The second kappa shape index (κ2) is 9.44. The lowest BCUT2D eigenvalue weighted by Crippen LogP contribution is -2.32. The molecular weight excluding hydrogens is 414 g/mol. The van der Waals surface area contributed by atoms with Gasteiger partial charge >= 0.3 is 0 Å². The molecule has 0 unspecified atom stereocenters. The van der Waals surface area contributed by atoms with Crippen LogP contribution in [0.25, 0.3) is 0 Å². The van der Waals surface area contributed by atoms with E-state index in [4.69, 9.17) is 4.42 Å². The average Bonchev–Trinajstić information content (AvgIpc) is 3.31. The highest BCUT2D eigenvalue weighted by atomic mass is 31.1. The Kier molecular flexibility index (Phi) is 6.08. The third-order valence-corrected chi connectivity index (χ3v) is 10.3. The Hall–Kier alpha value is -2.98. The maximum absolute atomic E-state index is 5.93. The minimum absolute atomic E-state index is 0.720. The van der Waals surface area contributed by atoms with Crippen molar-refractivity contribution >= 4 is 47.7 Å². The SMILES string of the molecule is c1ccc(P(c2ccccc2)c2cocc2P(c2ccccc2)c2ccccc2)cc1. The minimum Gasteiger partial charge on any atom is -0.471 e. The highest BCUT2D eigenvalue weighted by Gasteiger charge is 2.27. The van der Waals surface area contributed by atoms with Gasteiger partial charge in [0.1, 0.15) is 0 Å². The van der Waals surface area contributed by atoms with E-state index in [2.05, 4.69) is 121 Å². The molecule has 150 valence electrons. The van der Waals surface area contributed by atoms with Crippen molar-refractivity contribution in [2.75, 3.05) is 0 Å². The topological polar surface area (TPSA) is 13.1 Å². The molecule has 0 saturated carbocycles. The Labute approximate surface area is 185 Å². The lowest BCUT2D eigenvalue weighted by Gasteiger charge is -2.23. The van der Waals surface area contributed by atoms with Crippen LogP contribution >= 0.6 is 15.8 Å². The number of hydrogen-bond acceptors (Lipinski definition) is 1. The van der Waals surface area contributed by atoms with Gasteiger partial charge in [-0.3, -0.25) is 0 Å². The zero-order valence-electron chi connectivity index (χ0n) is 17.0. The smallest absolute Gasteiger partial charge is 0.0992 e. The lowest BCUT2D eigenvalue weighted by molar-refractivity contribution is 0.571. The summed E-state index contributed by atoms with van der Waals surface area (Å²) in [5, 5.41) is 7.94. The number of benzene rings is 4. The van der Waals surface area contributed by atoms with Crippen molar-refractivity contribution in [3.63, 3.8) is 0 Å². The average molecular weight is 436 g/mol. The quantitative estimate of drug-likeness (QED) is 0.349. The molecule has 5 aromatic rings. The summed E-state index contributed by atoms with van der Waals surface area (Å²) in [4.78, 5) is 0. The fourth-order valence-corrected chi connectivity index (χ4v) is 8.87. The van der Waals surface area contributed by atoms with Crippen molar-refractivity contribution in [3.8, 4) is 0 Å². The van der Waals surface area contributed by atoms with Gasteiger partial charge in [-0.05, 0) is 37.1 Å². The Morgan fingerprint density at radius 1 is 0.355 bits per heavy atom. The Morgan fingerprint density at radius 2 is 0.613 bits per heavy atom. The van der Waals surface area contributed by atoms with Crippen LogP contribution < -0.4 is 31.8 Å². The van der Waals surface area contributed by atoms with Gasteiger partial charge in [0.2, 0.25) is 0 Å². The van der Waals surface area contributed by atoms with E-state index in [1.807, 2.05) is 12.5 Å². The lowest BCUT2D eigenvalue weighted by atomic mass is 10.4. The molecule has 0 amide bonds. The zero-order chi connectivity index (χ0) is 20.9. The van der Waals surface area contributed by atoms with E-state index in [0.717, 1.165) is 0 Å². The molecule has 3 heteroatoms. The van der Waals surface area contributed by atoms with Crippen molar-refractivity contribution in [1.29, 1.82) is 0 Å². The van der Waals surface area contributed by atoms with Crippen LogP contribution in [0, 0.1) is 0 Å². The van der Waals surface area contributed by atoms with Crippen molar-refractivity contribution < 1.29 is 4.42 Å². The summed E-state index contributed by atoms with van der Waals surface area (Å²) < 4.78 is 5.93. The Bertz CT molecular complexity index is 1040. The van der Waals surface area contributed by atoms with E-state index in [-0.39, 0.29) is 0 Å². The van der Waals surface area contributed by atoms with Gasteiger partial charge in [-0.2, -0.15) is 0 Å². The molecule has 1 nitrogen and oxygen atoms in total. The zero-order valence-corrected chi connectivity index (χ0v) is 18.8. The number of rotatable bonds is 6. The molecule has 0 saturated heterocycles. The molecular formula is C28H22OP2. The summed E-state index contributed by atoms with van der Waals surface area (Å²) in [5.74, 6) is 0. The second-order valence-electron chi connectivity index (χ2n) is 7.16. The molecule has 5 rings (SSSR count). The van der Waals surface area contributed by atoms with Gasteiger partial charge in [0.05, 0.1) is 12.5 Å². The van der Waals surface area contributed by atoms with Crippen LogP contribution in [0.15, 0.2) is 138 Å². The number of hydrogen-bond donors (Lipinski definition) is 0. The summed E-state index contributed by atoms with van der Waals surface area (Å²) in [6.07, 6.45) is 3.95. The van der Waals surface area contributed by atoms with Crippen LogP contribution in [-0.4, -0.2) is 0 Å². The fourth-order valence-electron chi connectivity index (χ4n) is 3.78. The molecule has 0 radical (unpaired) electrons. The first-order valence-corrected chi connectivity index (χ1v) is 13.0. The first-order chi connectivity index (χ1) is 15.4. The first kappa shape index (κ1) is 20.0. The van der Waals surface area contributed by atoms with Gasteiger partial charge in [0.25, 0.3) is 0 Å². The predicted octanol–water partition coefficient (Wildman–Crippen LogP) is 4.80. The Balaban J connectivity index is 1.71. The molecule has 4 aromatic carbocycles. The van der Waals surface area contributed by atoms with Crippen molar-refractivity contribution in [2.45, 2.75) is 0 Å². The maximum atomic E-state index is 5.93. The molecule has 1 aromatic heterocycles. The Morgan fingerprint density at radius 3 is 0.871 bits per heavy atom. The van der Waals surface area contributed by atoms with Crippen LogP contribution in [0.4, 0.5) is 0 Å². The molecule has 0 bridgehead atoms. The van der Waals surface area contributed by atoms with E-state index >= 15 is 0 Å². The van der Waals surface area contributed by atoms with E-state index in [0.29, 0.717) is 0 Å². The third kappa shape index (κ3) is 4.26. The summed E-state index contributed by atoms with van der Waals surface area (Å²) >= 11 is 0. The largest absolute Gasteiger partial charge is 0.471 e. The number of furan rings is 1. The maximum Gasteiger partial charge on any atom is 0.0992 e. The highest BCUT2D eigenvalue weighted by molar-refractivity contribution is 7.85. The van der Waals surface area contributed by atoms with Crippen LogP contribution in [-0.2, 0) is 0 Å². The van der Waals surface area contributed by atoms with Crippen LogP contribution in [0.3, 0.4) is 0 Å². The summed E-state index contributed by atoms with van der Waals surface area (Å²) in [7, 11) is -1.44. The summed E-state index contributed by atoms with van der Waals surface area (Å²) in [6.45, 7) is 0. The van der Waals surface area contributed by atoms with E-state index in [9.17, 15) is 0 Å². The van der Waals surface area contributed by atoms with E-state index < -0.39 is 15.8 Å². The first-order valence-electron chi connectivity index (χ1n) is 10.3. The van der Waals surface area contributed by atoms with Gasteiger partial charge in [0.15, 0.2) is 0 Å². The molecule has 0 aliphatic heterocycles. The molecule has 31 heavy (non-hydrogen) atoms. The molecule has 1 heterocycles. The van der Waals surface area contributed by atoms with Crippen molar-refractivity contribution in [2.24, 2.45) is 0 Å². The molecule has 0 fully saturated rings. The van der Waals surface area contributed by atoms with Crippen molar-refractivity contribution in [1.82, 2.24) is 0 Å². The molecule has 0 N–H and O–H groups in total. The second-order valence-corrected chi connectivity index (χ2v) is 11.5. The predicted molar refractivity (Wildman–Crippen MR) is 136 cm³/mol. The van der Waals surface area contributed by atoms with E-state index in [1.165, 1.54) is 31.8 Å².